The molecule has 0 aromatic heterocycles. The molecule has 1 aliphatic carbocycles. The van der Waals surface area contributed by atoms with Crippen molar-refractivity contribution in [3.8, 4) is 0 Å². The molecule has 1 aliphatic heterocycles. The molecule has 0 radical (unpaired) electrons. The van der Waals surface area contributed by atoms with E-state index in [4.69, 9.17) is 4.74 Å². The van der Waals surface area contributed by atoms with Gasteiger partial charge in [0.1, 0.15) is 6.10 Å². The van der Waals surface area contributed by atoms with E-state index in [0.717, 1.165) is 30.2 Å². The SMILES string of the molecule is O=C(N[C@@H]1CCc2c(Br)cccc21)[C@H]1CCCO1. The average molecular weight is 310 g/mol. The van der Waals surface area contributed by atoms with Gasteiger partial charge in [-0.2, -0.15) is 0 Å². The van der Waals surface area contributed by atoms with E-state index >= 15 is 0 Å². The van der Waals surface area contributed by atoms with Crippen LogP contribution >= 0.6 is 15.9 Å². The Hall–Kier alpha value is -0.870. The Morgan fingerprint density at radius 3 is 3.06 bits per heavy atom. The van der Waals surface area contributed by atoms with Crippen molar-refractivity contribution in [1.29, 1.82) is 0 Å². The number of fused-ring (bicyclic) bond motifs is 1. The van der Waals surface area contributed by atoms with Gasteiger partial charge in [-0.3, -0.25) is 4.79 Å². The summed E-state index contributed by atoms with van der Waals surface area (Å²) in [6.45, 7) is 0.713. The highest BCUT2D eigenvalue weighted by molar-refractivity contribution is 9.10. The van der Waals surface area contributed by atoms with Crippen molar-refractivity contribution in [3.63, 3.8) is 0 Å². The lowest BCUT2D eigenvalue weighted by molar-refractivity contribution is -0.130. The molecular weight excluding hydrogens is 294 g/mol. The van der Waals surface area contributed by atoms with Crippen molar-refractivity contribution >= 4 is 21.8 Å². The molecule has 3 rings (SSSR count). The monoisotopic (exact) mass is 309 g/mol. The first-order chi connectivity index (χ1) is 8.75. The number of carbonyl (C=O) groups is 1. The summed E-state index contributed by atoms with van der Waals surface area (Å²) in [5.74, 6) is 0.0466. The third-order valence-corrected chi connectivity index (χ3v) is 4.50. The van der Waals surface area contributed by atoms with Crippen molar-refractivity contribution in [1.82, 2.24) is 5.32 Å². The summed E-state index contributed by atoms with van der Waals surface area (Å²) >= 11 is 3.57. The van der Waals surface area contributed by atoms with E-state index in [2.05, 4.69) is 33.4 Å². The minimum Gasteiger partial charge on any atom is -0.368 e. The van der Waals surface area contributed by atoms with Gasteiger partial charge in [-0.25, -0.2) is 0 Å². The zero-order valence-corrected chi connectivity index (χ0v) is 11.7. The van der Waals surface area contributed by atoms with Gasteiger partial charge in [0.15, 0.2) is 0 Å². The second-order valence-electron chi connectivity index (χ2n) is 4.91. The number of amides is 1. The third kappa shape index (κ3) is 2.19. The molecule has 0 unspecified atom stereocenters. The minimum absolute atomic E-state index is 0.0466. The number of hydrogen-bond donors (Lipinski definition) is 1. The van der Waals surface area contributed by atoms with Crippen molar-refractivity contribution in [3.05, 3.63) is 33.8 Å². The topological polar surface area (TPSA) is 38.3 Å². The van der Waals surface area contributed by atoms with E-state index in [1.54, 1.807) is 0 Å². The fourth-order valence-electron chi connectivity index (χ4n) is 2.81. The van der Waals surface area contributed by atoms with Crippen LogP contribution in [0.3, 0.4) is 0 Å². The number of ether oxygens (including phenoxy) is 1. The van der Waals surface area contributed by atoms with Crippen molar-refractivity contribution in [2.45, 2.75) is 37.8 Å². The smallest absolute Gasteiger partial charge is 0.249 e. The zero-order valence-electron chi connectivity index (χ0n) is 10.1. The molecule has 4 heteroatoms. The van der Waals surface area contributed by atoms with Crippen LogP contribution in [-0.4, -0.2) is 18.6 Å². The van der Waals surface area contributed by atoms with E-state index in [-0.39, 0.29) is 18.1 Å². The summed E-state index contributed by atoms with van der Waals surface area (Å²) in [6.07, 6.45) is 3.61. The summed E-state index contributed by atoms with van der Waals surface area (Å²) < 4.78 is 6.56. The molecule has 0 bridgehead atoms. The number of nitrogens with one attached hydrogen (secondary N) is 1. The van der Waals surface area contributed by atoms with Crippen LogP contribution in [0, 0.1) is 0 Å². The maximum Gasteiger partial charge on any atom is 0.249 e. The van der Waals surface area contributed by atoms with Gasteiger partial charge in [-0.05, 0) is 42.9 Å². The summed E-state index contributed by atoms with van der Waals surface area (Å²) in [4.78, 5) is 12.0. The quantitative estimate of drug-likeness (QED) is 0.912. The summed E-state index contributed by atoms with van der Waals surface area (Å²) in [6, 6.07) is 6.34. The zero-order chi connectivity index (χ0) is 12.5. The molecule has 2 aliphatic rings. The van der Waals surface area contributed by atoms with E-state index in [0.29, 0.717) is 6.61 Å². The lowest BCUT2D eigenvalue weighted by Gasteiger charge is -2.17. The fraction of sp³-hybridized carbons (Fsp3) is 0.500. The van der Waals surface area contributed by atoms with Gasteiger partial charge in [0.05, 0.1) is 6.04 Å². The molecule has 1 saturated heterocycles. The molecule has 1 N–H and O–H groups in total. The highest BCUT2D eigenvalue weighted by atomic mass is 79.9. The summed E-state index contributed by atoms with van der Waals surface area (Å²) in [5.41, 5.74) is 2.57. The first-order valence-electron chi connectivity index (χ1n) is 6.45. The van der Waals surface area contributed by atoms with Crippen molar-refractivity contribution in [2.75, 3.05) is 6.61 Å². The third-order valence-electron chi connectivity index (χ3n) is 3.75. The van der Waals surface area contributed by atoms with Gasteiger partial charge in [0, 0.05) is 11.1 Å². The van der Waals surface area contributed by atoms with E-state index in [9.17, 15) is 4.79 Å². The van der Waals surface area contributed by atoms with Crippen LogP contribution in [0.5, 0.6) is 0 Å². The highest BCUT2D eigenvalue weighted by Gasteiger charge is 2.29. The molecule has 18 heavy (non-hydrogen) atoms. The molecular formula is C14H16BrNO2. The first-order valence-corrected chi connectivity index (χ1v) is 7.24. The number of benzene rings is 1. The van der Waals surface area contributed by atoms with Crippen LogP contribution in [0.1, 0.15) is 36.4 Å². The lowest BCUT2D eigenvalue weighted by atomic mass is 10.1. The van der Waals surface area contributed by atoms with Gasteiger partial charge in [-0.15, -0.1) is 0 Å². The van der Waals surface area contributed by atoms with E-state index < -0.39 is 0 Å². The Labute approximate surface area is 115 Å². The number of halogens is 1. The summed E-state index contributed by atoms with van der Waals surface area (Å²) in [7, 11) is 0. The molecule has 96 valence electrons. The maximum absolute atomic E-state index is 12.0. The van der Waals surface area contributed by atoms with E-state index in [1.165, 1.54) is 11.1 Å². The van der Waals surface area contributed by atoms with Gasteiger partial charge in [-0.1, -0.05) is 28.1 Å². The van der Waals surface area contributed by atoms with Gasteiger partial charge < -0.3 is 10.1 Å². The molecule has 0 saturated carbocycles. The Bertz CT molecular complexity index is 469. The van der Waals surface area contributed by atoms with Gasteiger partial charge in [0.2, 0.25) is 5.91 Å². The Morgan fingerprint density at radius 1 is 1.39 bits per heavy atom. The van der Waals surface area contributed by atoms with Crippen LogP contribution in [0.25, 0.3) is 0 Å². The maximum atomic E-state index is 12.0. The van der Waals surface area contributed by atoms with Crippen molar-refractivity contribution in [2.24, 2.45) is 0 Å². The molecule has 1 amide bonds. The molecule has 1 heterocycles. The second-order valence-corrected chi connectivity index (χ2v) is 5.76. The first kappa shape index (κ1) is 12.2. The van der Waals surface area contributed by atoms with Crippen LogP contribution in [0.15, 0.2) is 22.7 Å². The minimum atomic E-state index is -0.235. The van der Waals surface area contributed by atoms with Crippen LogP contribution in [0.2, 0.25) is 0 Å². The van der Waals surface area contributed by atoms with Crippen LogP contribution in [0.4, 0.5) is 0 Å². The van der Waals surface area contributed by atoms with E-state index in [1.807, 2.05) is 6.07 Å². The Balaban J connectivity index is 1.72. The van der Waals surface area contributed by atoms with Crippen LogP contribution < -0.4 is 5.32 Å². The predicted octanol–water partition coefficient (Wildman–Crippen LogP) is 2.73. The lowest BCUT2D eigenvalue weighted by Crippen LogP contribution is -2.36. The highest BCUT2D eigenvalue weighted by Crippen LogP contribution is 2.35. The number of rotatable bonds is 2. The molecule has 3 nitrogen and oxygen atoms in total. The number of carbonyl (C=O) groups excluding carboxylic acids is 1. The van der Waals surface area contributed by atoms with Crippen molar-refractivity contribution < 1.29 is 9.53 Å². The Morgan fingerprint density at radius 2 is 2.28 bits per heavy atom. The molecule has 2 atom stereocenters. The predicted molar refractivity (Wildman–Crippen MR) is 72.3 cm³/mol. The van der Waals surface area contributed by atoms with Gasteiger partial charge in [0.25, 0.3) is 0 Å². The standard InChI is InChI=1S/C14H16BrNO2/c15-11-4-1-3-10-9(11)6-7-12(10)16-14(17)13-5-2-8-18-13/h1,3-4,12-13H,2,5-8H2,(H,16,17)/t12-,13-/m1/s1. The largest absolute Gasteiger partial charge is 0.368 e. The van der Waals surface area contributed by atoms with Crippen LogP contribution in [-0.2, 0) is 16.0 Å². The fourth-order valence-corrected chi connectivity index (χ4v) is 3.39. The number of hydrogen-bond acceptors (Lipinski definition) is 2. The molecule has 1 aromatic carbocycles. The molecule has 0 spiro atoms. The summed E-state index contributed by atoms with van der Waals surface area (Å²) in [5, 5.41) is 3.12. The second kappa shape index (κ2) is 5.02. The molecule has 1 fully saturated rings. The molecule has 1 aromatic rings. The van der Waals surface area contributed by atoms with Gasteiger partial charge >= 0.3 is 0 Å². The Kier molecular flexibility index (Phi) is 3.39. The normalized spacial score (nSPS) is 26.1. The average Bonchev–Trinajstić information content (AvgIpc) is 2.99.